The molecule has 148 valence electrons. The highest BCUT2D eigenvalue weighted by Gasteiger charge is 2.22. The summed E-state index contributed by atoms with van der Waals surface area (Å²) < 4.78 is 0. The Labute approximate surface area is 183 Å². The van der Waals surface area contributed by atoms with Crippen molar-refractivity contribution in [2.45, 2.75) is 45.3 Å². The average molecular weight is 499 g/mol. The number of thiazole rings is 1. The van der Waals surface area contributed by atoms with Crippen LogP contribution in [0.3, 0.4) is 0 Å². The Balaban J connectivity index is 0.00000261. The Morgan fingerprint density at radius 3 is 2.78 bits per heavy atom. The Kier molecular flexibility index (Phi) is 9.50. The smallest absolute Gasteiger partial charge is 0.191 e. The quantitative estimate of drug-likeness (QED) is 0.361. The second kappa shape index (κ2) is 11.6. The maximum absolute atomic E-state index is 4.40. The minimum atomic E-state index is 0. The van der Waals surface area contributed by atoms with E-state index in [1.54, 1.807) is 11.3 Å². The molecule has 1 aliphatic heterocycles. The van der Waals surface area contributed by atoms with Gasteiger partial charge in [0.2, 0.25) is 0 Å². The predicted molar refractivity (Wildman–Crippen MR) is 125 cm³/mol. The highest BCUT2D eigenvalue weighted by molar-refractivity contribution is 14.0. The molecule has 0 amide bonds. The fourth-order valence-corrected chi connectivity index (χ4v) is 4.12. The van der Waals surface area contributed by atoms with E-state index in [0.29, 0.717) is 6.04 Å². The van der Waals surface area contributed by atoms with E-state index in [0.717, 1.165) is 30.6 Å². The predicted octanol–water partition coefficient (Wildman–Crippen LogP) is 3.79. The first-order valence-corrected chi connectivity index (χ1v) is 10.2. The number of nitrogens with one attached hydrogen (secondary N) is 2. The SMILES string of the molecule is CN=C(NCc1ncc(C)s1)NCC1CCCCN1Cc1ccccc1.I. The molecule has 0 bridgehead atoms. The molecule has 1 atom stereocenters. The number of aromatic nitrogens is 1. The van der Waals surface area contributed by atoms with Crippen molar-refractivity contribution in [2.75, 3.05) is 20.1 Å². The normalized spacial score (nSPS) is 18.0. The number of benzene rings is 1. The molecule has 2 heterocycles. The van der Waals surface area contributed by atoms with Crippen LogP contribution in [0.1, 0.15) is 34.7 Å². The van der Waals surface area contributed by atoms with Gasteiger partial charge in [-0.2, -0.15) is 0 Å². The minimum Gasteiger partial charge on any atom is -0.355 e. The van der Waals surface area contributed by atoms with Crippen molar-refractivity contribution in [2.24, 2.45) is 4.99 Å². The van der Waals surface area contributed by atoms with Gasteiger partial charge >= 0.3 is 0 Å². The number of aryl methyl sites for hydroxylation is 1. The highest BCUT2D eigenvalue weighted by atomic mass is 127. The second-order valence-electron chi connectivity index (χ2n) is 6.78. The van der Waals surface area contributed by atoms with Crippen LogP contribution >= 0.6 is 35.3 Å². The van der Waals surface area contributed by atoms with E-state index in [9.17, 15) is 0 Å². The molecule has 5 nitrogen and oxygen atoms in total. The summed E-state index contributed by atoms with van der Waals surface area (Å²) in [4.78, 5) is 12.6. The number of hydrogen-bond donors (Lipinski definition) is 2. The molecule has 1 aromatic carbocycles. The van der Waals surface area contributed by atoms with Crippen molar-refractivity contribution in [1.29, 1.82) is 0 Å². The van der Waals surface area contributed by atoms with Crippen molar-refractivity contribution in [3.63, 3.8) is 0 Å². The zero-order valence-electron chi connectivity index (χ0n) is 16.1. The zero-order valence-corrected chi connectivity index (χ0v) is 19.3. The van der Waals surface area contributed by atoms with E-state index in [-0.39, 0.29) is 24.0 Å². The van der Waals surface area contributed by atoms with E-state index in [2.05, 4.69) is 62.8 Å². The van der Waals surface area contributed by atoms with Gasteiger partial charge in [-0.15, -0.1) is 35.3 Å². The molecule has 2 N–H and O–H groups in total. The molecular formula is C20H30IN5S. The van der Waals surface area contributed by atoms with E-state index in [1.165, 1.54) is 36.2 Å². The first kappa shape index (κ1) is 22.1. The lowest BCUT2D eigenvalue weighted by molar-refractivity contribution is 0.141. The first-order chi connectivity index (χ1) is 12.7. The number of piperidine rings is 1. The second-order valence-corrected chi connectivity index (χ2v) is 8.10. The van der Waals surface area contributed by atoms with E-state index in [4.69, 9.17) is 0 Å². The number of aliphatic imine (C=N–C) groups is 1. The third-order valence-electron chi connectivity index (χ3n) is 4.78. The number of rotatable bonds is 6. The van der Waals surface area contributed by atoms with Gasteiger partial charge in [-0.25, -0.2) is 4.98 Å². The maximum atomic E-state index is 4.40. The lowest BCUT2D eigenvalue weighted by atomic mass is 10.0. The molecule has 1 unspecified atom stereocenters. The zero-order chi connectivity index (χ0) is 18.2. The maximum Gasteiger partial charge on any atom is 0.191 e. The molecule has 3 rings (SSSR count). The van der Waals surface area contributed by atoms with Crippen LogP contribution in [-0.4, -0.2) is 42.0 Å². The van der Waals surface area contributed by atoms with Crippen LogP contribution < -0.4 is 10.6 Å². The van der Waals surface area contributed by atoms with Crippen LogP contribution in [0.4, 0.5) is 0 Å². The standard InChI is InChI=1S/C20H29N5S.HI/c1-16-12-22-19(26-16)14-24-20(21-2)23-13-18-10-6-7-11-25(18)15-17-8-4-3-5-9-17;/h3-5,8-9,12,18H,6-7,10-11,13-15H2,1-2H3,(H2,21,23,24);1H. The molecule has 0 radical (unpaired) electrons. The Morgan fingerprint density at radius 2 is 2.07 bits per heavy atom. The van der Waals surface area contributed by atoms with Gasteiger partial charge in [0.15, 0.2) is 5.96 Å². The molecule has 27 heavy (non-hydrogen) atoms. The summed E-state index contributed by atoms with van der Waals surface area (Å²) in [6.45, 7) is 5.92. The molecule has 1 saturated heterocycles. The van der Waals surface area contributed by atoms with Crippen LogP contribution in [-0.2, 0) is 13.1 Å². The summed E-state index contributed by atoms with van der Waals surface area (Å²) in [7, 11) is 1.82. The molecule has 1 aliphatic rings. The van der Waals surface area contributed by atoms with Crippen molar-refractivity contribution >= 4 is 41.3 Å². The Hall–Kier alpha value is -1.19. The van der Waals surface area contributed by atoms with Gasteiger partial charge in [-0.05, 0) is 31.9 Å². The van der Waals surface area contributed by atoms with Gasteiger partial charge in [-0.1, -0.05) is 36.8 Å². The van der Waals surface area contributed by atoms with Crippen LogP contribution in [0.2, 0.25) is 0 Å². The van der Waals surface area contributed by atoms with Crippen molar-refractivity contribution < 1.29 is 0 Å². The summed E-state index contributed by atoms with van der Waals surface area (Å²) in [5.41, 5.74) is 1.39. The molecular weight excluding hydrogens is 469 g/mol. The molecule has 0 spiro atoms. The monoisotopic (exact) mass is 499 g/mol. The van der Waals surface area contributed by atoms with Crippen LogP contribution in [0.25, 0.3) is 0 Å². The highest BCUT2D eigenvalue weighted by Crippen LogP contribution is 2.19. The Morgan fingerprint density at radius 1 is 1.26 bits per heavy atom. The van der Waals surface area contributed by atoms with Gasteiger partial charge in [0.25, 0.3) is 0 Å². The van der Waals surface area contributed by atoms with Crippen LogP contribution in [0, 0.1) is 6.92 Å². The third-order valence-corrected chi connectivity index (χ3v) is 5.70. The van der Waals surface area contributed by atoms with Crippen molar-refractivity contribution in [1.82, 2.24) is 20.5 Å². The molecule has 1 aromatic heterocycles. The summed E-state index contributed by atoms with van der Waals surface area (Å²) >= 11 is 1.72. The number of guanidine groups is 1. The summed E-state index contributed by atoms with van der Waals surface area (Å²) in [6.07, 6.45) is 5.76. The fraction of sp³-hybridized carbons (Fsp3) is 0.500. The van der Waals surface area contributed by atoms with Crippen molar-refractivity contribution in [3.05, 3.63) is 52.0 Å². The molecule has 1 fully saturated rings. The molecule has 0 saturated carbocycles. The van der Waals surface area contributed by atoms with Gasteiger partial charge in [-0.3, -0.25) is 9.89 Å². The van der Waals surface area contributed by atoms with Gasteiger partial charge in [0, 0.05) is 37.3 Å². The van der Waals surface area contributed by atoms with Gasteiger partial charge < -0.3 is 10.6 Å². The van der Waals surface area contributed by atoms with Gasteiger partial charge in [0.05, 0.1) is 6.54 Å². The number of hydrogen-bond acceptors (Lipinski definition) is 4. The number of nitrogens with zero attached hydrogens (tertiary/aromatic N) is 3. The lowest BCUT2D eigenvalue weighted by Gasteiger charge is -2.36. The summed E-state index contributed by atoms with van der Waals surface area (Å²) in [5.74, 6) is 0.850. The first-order valence-electron chi connectivity index (χ1n) is 9.38. The Bertz CT molecular complexity index is 703. The van der Waals surface area contributed by atoms with Crippen LogP contribution in [0.15, 0.2) is 41.5 Å². The third kappa shape index (κ3) is 7.04. The van der Waals surface area contributed by atoms with E-state index >= 15 is 0 Å². The topological polar surface area (TPSA) is 52.6 Å². The number of likely N-dealkylation sites (tertiary alicyclic amines) is 1. The lowest BCUT2D eigenvalue weighted by Crippen LogP contribution is -2.48. The fourth-order valence-electron chi connectivity index (χ4n) is 3.39. The minimum absolute atomic E-state index is 0. The molecule has 0 aliphatic carbocycles. The van der Waals surface area contributed by atoms with E-state index < -0.39 is 0 Å². The number of halogens is 1. The van der Waals surface area contributed by atoms with E-state index in [1.807, 2.05) is 13.2 Å². The largest absolute Gasteiger partial charge is 0.355 e. The van der Waals surface area contributed by atoms with Crippen LogP contribution in [0.5, 0.6) is 0 Å². The summed E-state index contributed by atoms with van der Waals surface area (Å²) in [6, 6.07) is 11.3. The van der Waals surface area contributed by atoms with Crippen molar-refractivity contribution in [3.8, 4) is 0 Å². The average Bonchev–Trinajstić information content (AvgIpc) is 3.09. The molecule has 7 heteroatoms. The molecule has 2 aromatic rings. The van der Waals surface area contributed by atoms with Gasteiger partial charge in [0.1, 0.15) is 5.01 Å². The summed E-state index contributed by atoms with van der Waals surface area (Å²) in [5, 5.41) is 7.97.